The fourth-order valence-corrected chi connectivity index (χ4v) is 23.2. The minimum absolute atomic E-state index is 0.119. The van der Waals surface area contributed by atoms with Crippen LogP contribution in [0.3, 0.4) is 0 Å². The lowest BCUT2D eigenvalue weighted by Crippen LogP contribution is -2.23. The Morgan fingerprint density at radius 1 is 0.270 bits per heavy atom. The smallest absolute Gasteiger partial charge is 0.322 e. The maximum absolute atomic E-state index is 11.3. The Labute approximate surface area is 811 Å². The van der Waals surface area contributed by atoms with Crippen molar-refractivity contribution >= 4 is 78.2 Å². The first-order valence-corrected chi connectivity index (χ1v) is 51.1. The lowest BCUT2D eigenvalue weighted by atomic mass is 10.0. The van der Waals surface area contributed by atoms with Crippen LogP contribution < -0.4 is 62.3 Å². The minimum Gasteiger partial charge on any atom is -0.486 e. The van der Waals surface area contributed by atoms with E-state index in [4.69, 9.17) is 37.9 Å². The summed E-state index contributed by atoms with van der Waals surface area (Å²) in [6.07, 6.45) is 11.8. The maximum Gasteiger partial charge on any atom is 0.322 e. The van der Waals surface area contributed by atoms with Crippen molar-refractivity contribution in [2.24, 2.45) is 0 Å². The van der Waals surface area contributed by atoms with Gasteiger partial charge in [-0.25, -0.2) is 30.5 Å². The van der Waals surface area contributed by atoms with Crippen molar-refractivity contribution in [3.63, 3.8) is 0 Å². The third-order valence-electron chi connectivity index (χ3n) is 26.1. The zero-order chi connectivity index (χ0) is 92.5. The van der Waals surface area contributed by atoms with E-state index in [-0.39, 0.29) is 24.4 Å². The van der Waals surface area contributed by atoms with E-state index in [0.29, 0.717) is 70.2 Å². The molecule has 25 rings (SSSR count). The van der Waals surface area contributed by atoms with Gasteiger partial charge in [-0.15, -0.1) is 11.3 Å². The first-order valence-electron chi connectivity index (χ1n) is 46.2. The Hall–Kier alpha value is -12.9. The number of nitrogens with zero attached hydrogens (tertiary/aromatic N) is 11. The zero-order valence-corrected chi connectivity index (χ0v) is 79.6. The van der Waals surface area contributed by atoms with E-state index in [0.717, 1.165) is 252 Å². The Balaban J connectivity index is 0.000000102. The van der Waals surface area contributed by atoms with Gasteiger partial charge in [0.05, 0.1) is 15.7 Å². The first kappa shape index (κ1) is 90.6. The molecule has 0 amide bonds. The SMILES string of the molecule is O=c1[nH]nc(-c2ccc(CN3CCC[C@@H]3c3ccc4c(c3)OCCO4)cc2)s1.O=c1[nH]nc(-c2ccc(CN3CCC[C@@H]3c3ccc4c(c3)OCO4)cc2)s1.O=c1[nH]nc(-c2ccc(CN3CCC[C@H]3c3ccc4c(c3)OCCO4)cc2)s1.O=c1[nH]nc(-c2ccc(CN3CCC[C@H]3c3ccc4c(c3)OCO4)cc2)s1.O=c1[nH]nc(-c2ccc(CN3CCC[C@H]3c3ccc4scnc4c3)cc2)s1. The molecule has 15 heterocycles. The molecular formula is C102H98N16O13S6. The van der Waals surface area contributed by atoms with E-state index in [9.17, 15) is 24.0 Å². The van der Waals surface area contributed by atoms with Crippen LogP contribution >= 0.6 is 68.0 Å². The maximum atomic E-state index is 11.3. The van der Waals surface area contributed by atoms with Gasteiger partial charge < -0.3 is 37.9 Å². The molecule has 16 aromatic rings. The van der Waals surface area contributed by atoms with Crippen molar-refractivity contribution in [3.8, 4) is 98.9 Å². The van der Waals surface area contributed by atoms with Gasteiger partial charge in [0.15, 0.2) is 46.0 Å². The molecule has 0 aliphatic carbocycles. The molecular weight excluding hydrogens is 1850 g/mol. The molecule has 0 unspecified atom stereocenters. The number of aromatic amines is 5. The van der Waals surface area contributed by atoms with Crippen LogP contribution in [0.4, 0.5) is 0 Å². The van der Waals surface area contributed by atoms with Gasteiger partial charge in [-0.1, -0.05) is 208 Å². The summed E-state index contributed by atoms with van der Waals surface area (Å²) in [7, 11) is 0. The van der Waals surface area contributed by atoms with Crippen molar-refractivity contribution in [3.05, 3.63) is 322 Å². The van der Waals surface area contributed by atoms with Gasteiger partial charge >= 0.3 is 24.4 Å². The number of aromatic nitrogens is 11. The molecule has 0 saturated carbocycles. The molecule has 700 valence electrons. The number of hydrogen-bond acceptors (Lipinski definition) is 30. The summed E-state index contributed by atoms with van der Waals surface area (Å²) in [5.41, 5.74) is 20.7. The highest BCUT2D eigenvalue weighted by atomic mass is 32.1. The fraction of sp³-hybridized carbons (Fsp3) is 0.304. The monoisotopic (exact) mass is 1950 g/mol. The molecule has 5 saturated heterocycles. The fourth-order valence-electron chi connectivity index (χ4n) is 19.5. The molecule has 35 heteroatoms. The van der Waals surface area contributed by atoms with Crippen molar-refractivity contribution in [2.75, 3.05) is 72.7 Å². The van der Waals surface area contributed by atoms with Gasteiger partial charge in [0.1, 0.15) is 51.5 Å². The molecule has 10 aromatic carbocycles. The molecule has 9 aliphatic heterocycles. The van der Waals surface area contributed by atoms with Gasteiger partial charge in [0, 0.05) is 90.8 Å². The van der Waals surface area contributed by atoms with Crippen molar-refractivity contribution in [1.82, 2.24) is 80.5 Å². The summed E-state index contributed by atoms with van der Waals surface area (Å²) in [5.74, 6) is 6.77. The van der Waals surface area contributed by atoms with E-state index in [2.05, 4.69) is 208 Å². The Bertz CT molecular complexity index is 6840. The van der Waals surface area contributed by atoms with Crippen molar-refractivity contribution < 1.29 is 37.9 Å². The van der Waals surface area contributed by atoms with Gasteiger partial charge in [-0.3, -0.25) is 48.5 Å². The predicted octanol–water partition coefficient (Wildman–Crippen LogP) is 18.8. The number of hydrogen-bond donors (Lipinski definition) is 5. The minimum atomic E-state index is -0.127. The van der Waals surface area contributed by atoms with Crippen LogP contribution in [0, 0.1) is 0 Å². The molecule has 0 spiro atoms. The lowest BCUT2D eigenvalue weighted by molar-refractivity contribution is 0.170. The van der Waals surface area contributed by atoms with Crippen LogP contribution in [0.5, 0.6) is 46.0 Å². The summed E-state index contributed by atoms with van der Waals surface area (Å²) in [6.45, 7) is 13.1. The average molecular weight is 1950 g/mol. The van der Waals surface area contributed by atoms with Gasteiger partial charge in [0.25, 0.3) is 0 Å². The lowest BCUT2D eigenvalue weighted by Gasteiger charge is -2.26. The van der Waals surface area contributed by atoms with Crippen LogP contribution in [0.15, 0.2) is 242 Å². The Morgan fingerprint density at radius 3 is 0.766 bits per heavy atom. The number of thiazole rings is 1. The highest BCUT2D eigenvalue weighted by molar-refractivity contribution is 7.16. The summed E-state index contributed by atoms with van der Waals surface area (Å²) in [6, 6.07) is 75.6. The largest absolute Gasteiger partial charge is 0.486 e. The molecule has 5 N–H and O–H groups in total. The molecule has 6 aromatic heterocycles. The molecule has 5 fully saturated rings. The molecule has 0 radical (unpaired) electrons. The van der Waals surface area contributed by atoms with E-state index in [1.165, 1.54) is 98.9 Å². The van der Waals surface area contributed by atoms with E-state index in [1.807, 2.05) is 90.4 Å². The van der Waals surface area contributed by atoms with Crippen LogP contribution in [0.25, 0.3) is 63.1 Å². The molecule has 5 atom stereocenters. The summed E-state index contributed by atoms with van der Waals surface area (Å²) >= 11 is 7.37. The van der Waals surface area contributed by atoms with Gasteiger partial charge in [-0.2, -0.15) is 25.5 Å². The summed E-state index contributed by atoms with van der Waals surface area (Å²) in [5, 5.41) is 36.3. The van der Waals surface area contributed by atoms with Crippen LogP contribution in [0.2, 0.25) is 0 Å². The molecule has 9 aliphatic rings. The van der Waals surface area contributed by atoms with E-state index < -0.39 is 0 Å². The average Bonchev–Trinajstić information content (AvgIpc) is 1.66. The Morgan fingerprint density at radius 2 is 0.504 bits per heavy atom. The number of ether oxygens (including phenoxy) is 8. The number of fused-ring (bicyclic) bond motifs is 5. The molecule has 0 bridgehead atoms. The van der Waals surface area contributed by atoms with Gasteiger partial charge in [-0.05, 0) is 213 Å². The summed E-state index contributed by atoms with van der Waals surface area (Å²) in [4.78, 5) is 72.9. The molecule has 137 heavy (non-hydrogen) atoms. The Kier molecular flexibility index (Phi) is 27.7. The second-order valence-electron chi connectivity index (χ2n) is 34.8. The predicted molar refractivity (Wildman–Crippen MR) is 532 cm³/mol. The third-order valence-corrected chi connectivity index (χ3v) is 30.9. The van der Waals surface area contributed by atoms with Gasteiger partial charge in [0.2, 0.25) is 13.6 Å². The number of likely N-dealkylation sites (tertiary alicyclic amines) is 5. The van der Waals surface area contributed by atoms with Crippen LogP contribution in [0.1, 0.15) is 150 Å². The quantitative estimate of drug-likeness (QED) is 0.0473. The standard InChI is InChI=1S/2C21H21N3O3S.C20H18N4OS2.2C20H19N3O3S/c2*25-21-23-22-20(28-21)15-5-3-14(4-6-15)13-24-9-1-2-17(24)16-7-8-18-19(12-16)27-11-10-26-18;25-20-23-22-19(27-20)14-5-3-13(4-6-14)11-24-9-1-2-17(24)15-7-8-18-16(10-15)21-12-26-18;2*24-20-22-21-19(27-20)14-5-3-13(4-6-14)11-23-9-1-2-16(23)15-7-8-17-18(10-15)26-12-25-17/h2*3-8,12,17H,1-2,9-11,13H2,(H,23,25);3-8,10,12,17H,1-2,9,11H2,(H,23,25);2*3-8,10,16H,1-2,9,11-12H2,(H,22,24)/t3*17-;2*16-/m10010/s1. The van der Waals surface area contributed by atoms with Crippen LogP contribution in [-0.4, -0.2) is 153 Å². The number of benzene rings is 10. The normalized spacial score (nSPS) is 18.7. The van der Waals surface area contributed by atoms with Crippen molar-refractivity contribution in [1.29, 1.82) is 0 Å². The second kappa shape index (κ2) is 42.0. The number of H-pyrrole nitrogens is 5. The highest BCUT2D eigenvalue weighted by Gasteiger charge is 2.34. The van der Waals surface area contributed by atoms with Crippen molar-refractivity contribution in [2.45, 2.75) is 127 Å². The number of rotatable bonds is 20. The van der Waals surface area contributed by atoms with Crippen LogP contribution in [-0.2, 0) is 32.7 Å². The number of nitrogens with one attached hydrogen (secondary N) is 5. The first-order chi connectivity index (χ1) is 67.3. The highest BCUT2D eigenvalue weighted by Crippen LogP contribution is 2.46. The zero-order valence-electron chi connectivity index (χ0n) is 74.7. The second-order valence-corrected chi connectivity index (χ2v) is 40.5. The summed E-state index contributed by atoms with van der Waals surface area (Å²) < 4.78 is 46.0. The van der Waals surface area contributed by atoms with E-state index >= 15 is 0 Å². The third kappa shape index (κ3) is 21.6. The van der Waals surface area contributed by atoms with E-state index in [1.54, 1.807) is 11.3 Å². The molecule has 29 nitrogen and oxygen atoms in total. The topological polar surface area (TPSA) is 332 Å².